The fraction of sp³-hybridized carbons (Fsp3) is 0.125. The number of hydrogen-bond donors (Lipinski definition) is 1. The Labute approximate surface area is 131 Å². The Balaban J connectivity index is 2.17. The van der Waals surface area contributed by atoms with E-state index in [2.05, 4.69) is 32.0 Å². The highest BCUT2D eigenvalue weighted by atomic mass is 79.9. The van der Waals surface area contributed by atoms with Crippen LogP contribution in [0.25, 0.3) is 22.3 Å². The van der Waals surface area contributed by atoms with Gasteiger partial charge in [0.05, 0.1) is 5.52 Å². The van der Waals surface area contributed by atoms with Crippen molar-refractivity contribution in [3.05, 3.63) is 46.9 Å². The summed E-state index contributed by atoms with van der Waals surface area (Å²) >= 11 is 3.44. The predicted octanol–water partition coefficient (Wildman–Crippen LogP) is 3.71. The lowest BCUT2D eigenvalue weighted by molar-refractivity contribution is 1.13. The van der Waals surface area contributed by atoms with Crippen molar-refractivity contribution in [3.63, 3.8) is 0 Å². The molecule has 2 N–H and O–H groups in total. The highest BCUT2D eigenvalue weighted by Gasteiger charge is 2.08. The molecule has 1 aromatic heterocycles. The molecule has 0 radical (unpaired) electrons. The first kappa shape index (κ1) is 13.8. The molecule has 1 heterocycles. The molecule has 0 unspecified atom stereocenters. The zero-order valence-electron chi connectivity index (χ0n) is 11.8. The van der Waals surface area contributed by atoms with Gasteiger partial charge in [0.15, 0.2) is 5.82 Å². The van der Waals surface area contributed by atoms with E-state index in [1.54, 1.807) is 0 Å². The van der Waals surface area contributed by atoms with Crippen molar-refractivity contribution >= 4 is 38.3 Å². The largest absolute Gasteiger partial charge is 0.383 e. The van der Waals surface area contributed by atoms with Crippen LogP contribution in [0.2, 0.25) is 0 Å². The molecule has 4 nitrogen and oxygen atoms in total. The first-order chi connectivity index (χ1) is 10.0. The fourth-order valence-corrected chi connectivity index (χ4v) is 2.54. The van der Waals surface area contributed by atoms with Gasteiger partial charge in [0.1, 0.15) is 5.82 Å². The van der Waals surface area contributed by atoms with Gasteiger partial charge in [0.25, 0.3) is 0 Å². The summed E-state index contributed by atoms with van der Waals surface area (Å²) < 4.78 is 0.965. The average Bonchev–Trinajstić information content (AvgIpc) is 2.48. The number of halogens is 1. The van der Waals surface area contributed by atoms with Crippen LogP contribution < -0.4 is 10.6 Å². The van der Waals surface area contributed by atoms with Crippen molar-refractivity contribution in [2.75, 3.05) is 24.7 Å². The van der Waals surface area contributed by atoms with Gasteiger partial charge in [-0.3, -0.25) is 0 Å². The Hall–Kier alpha value is -2.14. The molecule has 21 heavy (non-hydrogen) atoms. The lowest BCUT2D eigenvalue weighted by Gasteiger charge is -2.13. The third kappa shape index (κ3) is 2.69. The van der Waals surface area contributed by atoms with Gasteiger partial charge in [-0.15, -0.1) is 0 Å². The molecule has 0 aliphatic heterocycles. The standard InChI is InChI=1S/C16H15BrN4/c1-21(2)12-5-3-4-10(8-12)16-19-14-7-6-11(17)9-13(14)15(18)20-16/h3-9H,1-2H3,(H2,18,19,20). The molecule has 5 heteroatoms. The van der Waals surface area contributed by atoms with Crippen LogP contribution in [0.1, 0.15) is 0 Å². The molecule has 0 aliphatic carbocycles. The molecule has 3 rings (SSSR count). The fourth-order valence-electron chi connectivity index (χ4n) is 2.18. The summed E-state index contributed by atoms with van der Waals surface area (Å²) in [6.07, 6.45) is 0. The van der Waals surface area contributed by atoms with Gasteiger partial charge in [-0.25, -0.2) is 9.97 Å². The van der Waals surface area contributed by atoms with Gasteiger partial charge in [-0.2, -0.15) is 0 Å². The first-order valence-electron chi connectivity index (χ1n) is 6.55. The highest BCUT2D eigenvalue weighted by molar-refractivity contribution is 9.10. The molecule has 0 saturated heterocycles. The minimum atomic E-state index is 0.492. The molecular weight excluding hydrogens is 328 g/mol. The second kappa shape index (κ2) is 5.33. The lowest BCUT2D eigenvalue weighted by Crippen LogP contribution is -2.08. The van der Waals surface area contributed by atoms with Crippen LogP contribution >= 0.6 is 15.9 Å². The van der Waals surface area contributed by atoms with Crippen molar-refractivity contribution < 1.29 is 0 Å². The van der Waals surface area contributed by atoms with E-state index in [1.807, 2.05) is 55.4 Å². The third-order valence-corrected chi connectivity index (χ3v) is 3.80. The number of nitrogens with two attached hydrogens (primary N) is 1. The van der Waals surface area contributed by atoms with Crippen LogP contribution in [-0.2, 0) is 0 Å². The molecule has 0 spiro atoms. The van der Waals surface area contributed by atoms with Crippen LogP contribution in [0, 0.1) is 0 Å². The van der Waals surface area contributed by atoms with Crippen LogP contribution in [-0.4, -0.2) is 24.1 Å². The predicted molar refractivity (Wildman–Crippen MR) is 91.4 cm³/mol. The van der Waals surface area contributed by atoms with Crippen molar-refractivity contribution in [2.24, 2.45) is 0 Å². The number of anilines is 2. The SMILES string of the molecule is CN(C)c1cccc(-c2nc(N)c3cc(Br)ccc3n2)c1. The van der Waals surface area contributed by atoms with E-state index >= 15 is 0 Å². The molecular formula is C16H15BrN4. The molecule has 0 bridgehead atoms. The maximum atomic E-state index is 6.08. The van der Waals surface area contributed by atoms with E-state index in [4.69, 9.17) is 5.73 Å². The number of nitrogen functional groups attached to an aromatic ring is 1. The number of rotatable bonds is 2. The topological polar surface area (TPSA) is 55.0 Å². The van der Waals surface area contributed by atoms with E-state index in [9.17, 15) is 0 Å². The summed E-state index contributed by atoms with van der Waals surface area (Å²) in [5.74, 6) is 1.14. The Morgan fingerprint density at radius 3 is 2.62 bits per heavy atom. The summed E-state index contributed by atoms with van der Waals surface area (Å²) in [4.78, 5) is 11.1. The molecule has 106 valence electrons. The van der Waals surface area contributed by atoms with Crippen molar-refractivity contribution in [1.29, 1.82) is 0 Å². The smallest absolute Gasteiger partial charge is 0.162 e. The van der Waals surface area contributed by atoms with Gasteiger partial charge < -0.3 is 10.6 Å². The first-order valence-corrected chi connectivity index (χ1v) is 7.34. The molecule has 0 aliphatic rings. The molecule has 0 fully saturated rings. The van der Waals surface area contributed by atoms with Gasteiger partial charge in [0, 0.05) is 35.2 Å². The van der Waals surface area contributed by atoms with Crippen molar-refractivity contribution in [3.8, 4) is 11.4 Å². The third-order valence-electron chi connectivity index (χ3n) is 3.31. The Kier molecular flexibility index (Phi) is 3.51. The van der Waals surface area contributed by atoms with E-state index in [0.717, 1.165) is 26.6 Å². The van der Waals surface area contributed by atoms with E-state index in [-0.39, 0.29) is 0 Å². The monoisotopic (exact) mass is 342 g/mol. The van der Waals surface area contributed by atoms with Crippen LogP contribution in [0.15, 0.2) is 46.9 Å². The molecule has 0 amide bonds. The summed E-state index contributed by atoms with van der Waals surface area (Å²) in [5.41, 5.74) is 8.98. The summed E-state index contributed by atoms with van der Waals surface area (Å²) in [6.45, 7) is 0. The van der Waals surface area contributed by atoms with Gasteiger partial charge in [-0.1, -0.05) is 28.1 Å². The van der Waals surface area contributed by atoms with Crippen LogP contribution in [0.3, 0.4) is 0 Å². The zero-order valence-corrected chi connectivity index (χ0v) is 13.4. The summed E-state index contributed by atoms with van der Waals surface area (Å²) in [5, 5.41) is 0.858. The quantitative estimate of drug-likeness (QED) is 0.771. The van der Waals surface area contributed by atoms with Gasteiger partial charge in [0.2, 0.25) is 0 Å². The van der Waals surface area contributed by atoms with Gasteiger partial charge in [-0.05, 0) is 30.3 Å². The number of hydrogen-bond acceptors (Lipinski definition) is 4. The summed E-state index contributed by atoms with van der Waals surface area (Å²) in [6, 6.07) is 13.9. The van der Waals surface area contributed by atoms with Crippen molar-refractivity contribution in [2.45, 2.75) is 0 Å². The minimum absolute atomic E-state index is 0.492. The Morgan fingerprint density at radius 1 is 1.05 bits per heavy atom. The average molecular weight is 343 g/mol. The zero-order chi connectivity index (χ0) is 15.0. The maximum Gasteiger partial charge on any atom is 0.162 e. The van der Waals surface area contributed by atoms with Gasteiger partial charge >= 0.3 is 0 Å². The molecule has 3 aromatic rings. The Morgan fingerprint density at radius 2 is 1.86 bits per heavy atom. The minimum Gasteiger partial charge on any atom is -0.383 e. The van der Waals surface area contributed by atoms with Crippen LogP contribution in [0.5, 0.6) is 0 Å². The normalized spacial score (nSPS) is 10.8. The number of nitrogens with zero attached hydrogens (tertiary/aromatic N) is 3. The molecule has 2 aromatic carbocycles. The second-order valence-electron chi connectivity index (χ2n) is 5.04. The molecule has 0 atom stereocenters. The van der Waals surface area contributed by atoms with E-state index in [1.165, 1.54) is 0 Å². The second-order valence-corrected chi connectivity index (χ2v) is 5.95. The van der Waals surface area contributed by atoms with Crippen molar-refractivity contribution in [1.82, 2.24) is 9.97 Å². The van der Waals surface area contributed by atoms with E-state index in [0.29, 0.717) is 11.6 Å². The number of aromatic nitrogens is 2. The number of benzene rings is 2. The Bertz CT molecular complexity index is 814. The highest BCUT2D eigenvalue weighted by Crippen LogP contribution is 2.27. The summed E-state index contributed by atoms with van der Waals surface area (Å²) in [7, 11) is 4.01. The van der Waals surface area contributed by atoms with Crippen LogP contribution in [0.4, 0.5) is 11.5 Å². The maximum absolute atomic E-state index is 6.08. The van der Waals surface area contributed by atoms with E-state index < -0.39 is 0 Å². The molecule has 0 saturated carbocycles. The lowest BCUT2D eigenvalue weighted by atomic mass is 10.1. The number of fused-ring (bicyclic) bond motifs is 1.